The summed E-state index contributed by atoms with van der Waals surface area (Å²) in [5.41, 5.74) is 0.180. The molecule has 0 aliphatic heterocycles. The second-order valence-electron chi connectivity index (χ2n) is 3.51. The van der Waals surface area contributed by atoms with Crippen molar-refractivity contribution in [2.45, 2.75) is 9.92 Å². The quantitative estimate of drug-likeness (QED) is 0.482. The third kappa shape index (κ3) is 3.39. The fourth-order valence-corrected chi connectivity index (χ4v) is 2.43. The number of nitrogens with zero attached hydrogens (tertiary/aromatic N) is 2. The van der Waals surface area contributed by atoms with E-state index in [-0.39, 0.29) is 11.3 Å². The Morgan fingerprint density at radius 3 is 2.68 bits per heavy atom. The molecule has 0 saturated heterocycles. The molecule has 0 aliphatic carbocycles. The van der Waals surface area contributed by atoms with Gasteiger partial charge in [-0.15, -0.1) is 0 Å². The summed E-state index contributed by atoms with van der Waals surface area (Å²) < 4.78 is 0.858. The van der Waals surface area contributed by atoms with Gasteiger partial charge in [0, 0.05) is 33.3 Å². The van der Waals surface area contributed by atoms with Crippen molar-refractivity contribution in [1.82, 2.24) is 4.98 Å². The smallest absolute Gasteiger partial charge is 0.270 e. The van der Waals surface area contributed by atoms with Crippen LogP contribution in [-0.4, -0.2) is 16.2 Å². The van der Waals surface area contributed by atoms with Crippen molar-refractivity contribution >= 4 is 39.7 Å². The van der Waals surface area contributed by atoms with Crippen molar-refractivity contribution in [2.75, 3.05) is 0 Å². The summed E-state index contributed by atoms with van der Waals surface area (Å²) in [6.07, 6.45) is 2.25. The first-order valence-electron chi connectivity index (χ1n) is 5.13. The zero-order chi connectivity index (χ0) is 13.8. The van der Waals surface area contributed by atoms with Gasteiger partial charge in [0.2, 0.25) is 0 Å². The first-order chi connectivity index (χ1) is 9.10. The monoisotopic (exact) mass is 338 g/mol. The van der Waals surface area contributed by atoms with Gasteiger partial charge in [-0.3, -0.25) is 14.9 Å². The highest BCUT2D eigenvalue weighted by atomic mass is 79.9. The predicted octanol–water partition coefficient (Wildman–Crippen LogP) is 3.72. The lowest BCUT2D eigenvalue weighted by atomic mass is 10.2. The number of pyridine rings is 1. The van der Waals surface area contributed by atoms with Crippen LogP contribution in [0.2, 0.25) is 0 Å². The van der Waals surface area contributed by atoms with Gasteiger partial charge in [-0.25, -0.2) is 4.98 Å². The van der Waals surface area contributed by atoms with Gasteiger partial charge in [0.15, 0.2) is 6.29 Å². The molecule has 0 fully saturated rings. The number of rotatable bonds is 4. The van der Waals surface area contributed by atoms with E-state index in [2.05, 4.69) is 20.9 Å². The number of hydrogen-bond acceptors (Lipinski definition) is 5. The summed E-state index contributed by atoms with van der Waals surface area (Å²) in [5.74, 6) is 0. The Morgan fingerprint density at radius 1 is 1.32 bits per heavy atom. The number of aldehydes is 1. The lowest BCUT2D eigenvalue weighted by Crippen LogP contribution is -1.92. The molecule has 1 aromatic heterocycles. The average Bonchev–Trinajstić information content (AvgIpc) is 2.41. The van der Waals surface area contributed by atoms with Crippen molar-refractivity contribution in [3.63, 3.8) is 0 Å². The second-order valence-corrected chi connectivity index (χ2v) is 5.49. The number of hydrogen-bond donors (Lipinski definition) is 0. The van der Waals surface area contributed by atoms with Crippen LogP contribution in [0.1, 0.15) is 10.4 Å². The molecule has 0 atom stereocenters. The topological polar surface area (TPSA) is 73.1 Å². The zero-order valence-electron chi connectivity index (χ0n) is 9.45. The van der Waals surface area contributed by atoms with Gasteiger partial charge in [-0.1, -0.05) is 11.8 Å². The Labute approximate surface area is 121 Å². The van der Waals surface area contributed by atoms with E-state index < -0.39 is 4.92 Å². The van der Waals surface area contributed by atoms with Crippen LogP contribution in [0.25, 0.3) is 0 Å². The van der Waals surface area contributed by atoms with E-state index in [4.69, 9.17) is 0 Å². The first kappa shape index (κ1) is 13.7. The molecule has 0 spiro atoms. The van der Waals surface area contributed by atoms with E-state index in [1.165, 1.54) is 23.9 Å². The summed E-state index contributed by atoms with van der Waals surface area (Å²) in [7, 11) is 0. The molecule has 0 bridgehead atoms. The number of carbonyl (C=O) groups is 1. The highest BCUT2D eigenvalue weighted by Gasteiger charge is 2.11. The molecular weight excluding hydrogens is 332 g/mol. The number of nitro groups is 1. The fourth-order valence-electron chi connectivity index (χ4n) is 1.37. The average molecular weight is 339 g/mol. The number of benzene rings is 1. The van der Waals surface area contributed by atoms with Gasteiger partial charge < -0.3 is 0 Å². The highest BCUT2D eigenvalue weighted by Crippen LogP contribution is 2.31. The molecule has 5 nitrogen and oxygen atoms in total. The van der Waals surface area contributed by atoms with Crippen LogP contribution in [0.15, 0.2) is 50.9 Å². The van der Waals surface area contributed by atoms with Crippen LogP contribution < -0.4 is 0 Å². The molecule has 96 valence electrons. The zero-order valence-corrected chi connectivity index (χ0v) is 11.8. The Balaban J connectivity index is 2.32. The molecule has 0 saturated carbocycles. The van der Waals surface area contributed by atoms with Crippen LogP contribution in [0.3, 0.4) is 0 Å². The van der Waals surface area contributed by atoms with E-state index in [0.717, 1.165) is 4.47 Å². The largest absolute Gasteiger partial charge is 0.298 e. The molecule has 2 rings (SSSR count). The number of aromatic nitrogens is 1. The maximum atomic E-state index is 11.0. The molecule has 0 N–H and O–H groups in total. The van der Waals surface area contributed by atoms with Crippen LogP contribution in [-0.2, 0) is 0 Å². The van der Waals surface area contributed by atoms with Crippen molar-refractivity contribution in [3.05, 3.63) is 56.7 Å². The van der Waals surface area contributed by atoms with Crippen LogP contribution in [0.5, 0.6) is 0 Å². The molecule has 2 aromatic rings. The lowest BCUT2D eigenvalue weighted by Gasteiger charge is -2.04. The summed E-state index contributed by atoms with van der Waals surface area (Å²) in [4.78, 5) is 25.9. The van der Waals surface area contributed by atoms with E-state index in [9.17, 15) is 14.9 Å². The minimum absolute atomic E-state index is 0.102. The number of carbonyl (C=O) groups excluding carboxylic acids is 1. The summed E-state index contributed by atoms with van der Waals surface area (Å²) in [6.45, 7) is 0. The first-order valence-corrected chi connectivity index (χ1v) is 6.74. The lowest BCUT2D eigenvalue weighted by molar-refractivity contribution is -0.384. The Bertz CT molecular complexity index is 631. The SMILES string of the molecule is O=Cc1cc([N+](=O)[O-])ccc1Sc1ccc(Br)cn1. The summed E-state index contributed by atoms with van der Waals surface area (Å²) in [6, 6.07) is 7.81. The van der Waals surface area contributed by atoms with Crippen molar-refractivity contribution < 1.29 is 9.72 Å². The molecule has 0 radical (unpaired) electrons. The molecule has 1 heterocycles. The standard InChI is InChI=1S/C12H7BrN2O3S/c13-9-1-4-12(14-6-9)19-11-3-2-10(15(17)18)5-8(11)7-16/h1-7H. The van der Waals surface area contributed by atoms with Crippen LogP contribution in [0, 0.1) is 10.1 Å². The molecule has 0 unspecified atom stereocenters. The van der Waals surface area contributed by atoms with Gasteiger partial charge in [-0.05, 0) is 34.1 Å². The van der Waals surface area contributed by atoms with E-state index in [1.807, 2.05) is 6.07 Å². The molecule has 1 aromatic carbocycles. The molecule has 19 heavy (non-hydrogen) atoms. The predicted molar refractivity (Wildman–Crippen MR) is 74.5 cm³/mol. The molecular formula is C12H7BrN2O3S. The Kier molecular flexibility index (Phi) is 4.28. The van der Waals surface area contributed by atoms with Crippen molar-refractivity contribution in [2.24, 2.45) is 0 Å². The third-order valence-electron chi connectivity index (χ3n) is 2.25. The van der Waals surface area contributed by atoms with E-state index >= 15 is 0 Å². The molecule has 7 heteroatoms. The minimum Gasteiger partial charge on any atom is -0.298 e. The van der Waals surface area contributed by atoms with E-state index in [0.29, 0.717) is 16.2 Å². The van der Waals surface area contributed by atoms with Gasteiger partial charge in [0.1, 0.15) is 5.03 Å². The number of nitro benzene ring substituents is 1. The van der Waals surface area contributed by atoms with Crippen molar-refractivity contribution in [3.8, 4) is 0 Å². The summed E-state index contributed by atoms with van der Waals surface area (Å²) >= 11 is 4.56. The third-order valence-corrected chi connectivity index (χ3v) is 3.76. The normalized spacial score (nSPS) is 10.2. The molecule has 0 amide bonds. The van der Waals surface area contributed by atoms with Crippen molar-refractivity contribution in [1.29, 1.82) is 0 Å². The molecule has 0 aliphatic rings. The van der Waals surface area contributed by atoms with Crippen LogP contribution >= 0.6 is 27.7 Å². The Morgan fingerprint density at radius 2 is 2.11 bits per heavy atom. The number of halogens is 1. The van der Waals surface area contributed by atoms with Gasteiger partial charge >= 0.3 is 0 Å². The highest BCUT2D eigenvalue weighted by molar-refractivity contribution is 9.10. The summed E-state index contributed by atoms with van der Waals surface area (Å²) in [5, 5.41) is 11.3. The minimum atomic E-state index is -0.528. The maximum absolute atomic E-state index is 11.0. The number of non-ortho nitro benzene ring substituents is 1. The van der Waals surface area contributed by atoms with Gasteiger partial charge in [0.05, 0.1) is 4.92 Å². The van der Waals surface area contributed by atoms with Gasteiger partial charge in [0.25, 0.3) is 5.69 Å². The maximum Gasteiger partial charge on any atom is 0.270 e. The van der Waals surface area contributed by atoms with Gasteiger partial charge in [-0.2, -0.15) is 0 Å². The van der Waals surface area contributed by atoms with E-state index in [1.54, 1.807) is 18.3 Å². The fraction of sp³-hybridized carbons (Fsp3) is 0. The second kappa shape index (κ2) is 5.94. The Hall–Kier alpha value is -1.73. The van der Waals surface area contributed by atoms with Crippen LogP contribution in [0.4, 0.5) is 5.69 Å².